The molecular weight excluding hydrogens is 229 g/mol. The molecule has 88 valence electrons. The second-order valence-corrected chi connectivity index (χ2v) is 5.06. The highest BCUT2D eigenvalue weighted by molar-refractivity contribution is 8.00. The number of anilines is 1. The predicted octanol–water partition coefficient (Wildman–Crippen LogP) is 2.61. The van der Waals surface area contributed by atoms with Gasteiger partial charge in [0.25, 0.3) is 0 Å². The van der Waals surface area contributed by atoms with Crippen LogP contribution in [0.1, 0.15) is 13.8 Å². The number of rotatable bonds is 4. The van der Waals surface area contributed by atoms with E-state index in [4.69, 9.17) is 10.8 Å². The highest BCUT2D eigenvalue weighted by Gasteiger charge is 2.22. The van der Waals surface area contributed by atoms with E-state index in [1.54, 1.807) is 6.07 Å². The summed E-state index contributed by atoms with van der Waals surface area (Å²) in [6.07, 6.45) is 0. The van der Waals surface area contributed by atoms with Crippen LogP contribution < -0.4 is 5.73 Å². The number of carbonyl (C=O) groups is 1. The molecule has 1 aromatic carbocycles. The second-order valence-electron chi connectivity index (χ2n) is 3.84. The summed E-state index contributed by atoms with van der Waals surface area (Å²) in [7, 11) is 0. The van der Waals surface area contributed by atoms with Crippen LogP contribution in [-0.4, -0.2) is 16.3 Å². The van der Waals surface area contributed by atoms with Crippen molar-refractivity contribution >= 4 is 23.4 Å². The minimum Gasteiger partial charge on any atom is -0.480 e. The van der Waals surface area contributed by atoms with Crippen LogP contribution in [0.4, 0.5) is 10.1 Å². The summed E-state index contributed by atoms with van der Waals surface area (Å²) in [6.45, 7) is 3.63. The van der Waals surface area contributed by atoms with Crippen LogP contribution in [-0.2, 0) is 4.79 Å². The van der Waals surface area contributed by atoms with Gasteiger partial charge in [0.2, 0.25) is 0 Å². The molecule has 1 rings (SSSR count). The van der Waals surface area contributed by atoms with E-state index in [1.165, 1.54) is 12.1 Å². The van der Waals surface area contributed by atoms with Gasteiger partial charge in [-0.15, -0.1) is 11.8 Å². The number of hydrogen-bond acceptors (Lipinski definition) is 3. The Kier molecular flexibility index (Phi) is 4.18. The third-order valence-electron chi connectivity index (χ3n) is 2.01. The molecule has 0 aromatic heterocycles. The maximum atomic E-state index is 13.0. The molecule has 0 saturated carbocycles. The monoisotopic (exact) mass is 243 g/mol. The van der Waals surface area contributed by atoms with Crippen molar-refractivity contribution in [2.75, 3.05) is 5.73 Å². The fourth-order valence-corrected chi connectivity index (χ4v) is 2.32. The summed E-state index contributed by atoms with van der Waals surface area (Å²) in [5, 5.41) is 8.40. The SMILES string of the molecule is CC(C)C(Sc1cc(N)cc(F)c1)C(=O)O. The second kappa shape index (κ2) is 5.21. The molecule has 1 aromatic rings. The Balaban J connectivity index is 2.89. The molecule has 3 nitrogen and oxygen atoms in total. The lowest BCUT2D eigenvalue weighted by Gasteiger charge is -2.15. The van der Waals surface area contributed by atoms with Crippen LogP contribution in [0.5, 0.6) is 0 Å². The zero-order chi connectivity index (χ0) is 12.3. The molecule has 1 unspecified atom stereocenters. The molecule has 0 spiro atoms. The molecule has 1 atom stereocenters. The van der Waals surface area contributed by atoms with Crippen LogP contribution >= 0.6 is 11.8 Å². The number of carboxylic acids is 1. The van der Waals surface area contributed by atoms with Gasteiger partial charge in [0.15, 0.2) is 0 Å². The van der Waals surface area contributed by atoms with Gasteiger partial charge >= 0.3 is 5.97 Å². The van der Waals surface area contributed by atoms with E-state index in [9.17, 15) is 9.18 Å². The van der Waals surface area contributed by atoms with Gasteiger partial charge in [0.05, 0.1) is 0 Å². The molecule has 0 amide bonds. The normalized spacial score (nSPS) is 12.8. The van der Waals surface area contributed by atoms with Crippen LogP contribution in [0.25, 0.3) is 0 Å². The fourth-order valence-electron chi connectivity index (χ4n) is 1.27. The third-order valence-corrected chi connectivity index (χ3v) is 3.51. The molecule has 5 heteroatoms. The summed E-state index contributed by atoms with van der Waals surface area (Å²) >= 11 is 1.11. The fraction of sp³-hybridized carbons (Fsp3) is 0.364. The van der Waals surface area contributed by atoms with Crippen LogP contribution in [0.2, 0.25) is 0 Å². The summed E-state index contributed by atoms with van der Waals surface area (Å²) in [6, 6.07) is 4.07. The van der Waals surface area contributed by atoms with Crippen molar-refractivity contribution in [3.63, 3.8) is 0 Å². The van der Waals surface area contributed by atoms with Crippen molar-refractivity contribution in [1.29, 1.82) is 0 Å². The van der Waals surface area contributed by atoms with Gasteiger partial charge in [-0.05, 0) is 24.1 Å². The Morgan fingerprint density at radius 3 is 2.50 bits per heavy atom. The summed E-state index contributed by atoms with van der Waals surface area (Å²) in [5.41, 5.74) is 5.79. The molecule has 0 aliphatic heterocycles. The van der Waals surface area contributed by atoms with Gasteiger partial charge in [0.1, 0.15) is 11.1 Å². The highest BCUT2D eigenvalue weighted by atomic mass is 32.2. The Bertz CT molecular complexity index is 375. The first kappa shape index (κ1) is 12.8. The van der Waals surface area contributed by atoms with Crippen LogP contribution in [0, 0.1) is 11.7 Å². The number of thioether (sulfide) groups is 1. The predicted molar refractivity (Wildman–Crippen MR) is 62.9 cm³/mol. The molecule has 0 aliphatic carbocycles. The minimum atomic E-state index is -0.900. The number of benzene rings is 1. The maximum Gasteiger partial charge on any atom is 0.317 e. The van der Waals surface area contributed by atoms with Crippen LogP contribution in [0.15, 0.2) is 23.1 Å². The molecule has 0 aliphatic rings. The summed E-state index contributed by atoms with van der Waals surface area (Å²) < 4.78 is 13.0. The number of nitrogens with two attached hydrogens (primary N) is 1. The van der Waals surface area contributed by atoms with E-state index in [0.717, 1.165) is 11.8 Å². The lowest BCUT2D eigenvalue weighted by atomic mass is 10.1. The van der Waals surface area contributed by atoms with E-state index >= 15 is 0 Å². The largest absolute Gasteiger partial charge is 0.480 e. The first-order chi connectivity index (χ1) is 7.40. The minimum absolute atomic E-state index is 0.0352. The van der Waals surface area contributed by atoms with Crippen molar-refractivity contribution in [1.82, 2.24) is 0 Å². The summed E-state index contributed by atoms with van der Waals surface area (Å²) in [5.74, 6) is -1.38. The molecule has 3 N–H and O–H groups in total. The van der Waals surface area contributed by atoms with E-state index in [1.807, 2.05) is 13.8 Å². The van der Waals surface area contributed by atoms with E-state index in [-0.39, 0.29) is 5.92 Å². The quantitative estimate of drug-likeness (QED) is 0.630. The number of hydrogen-bond donors (Lipinski definition) is 2. The molecule has 16 heavy (non-hydrogen) atoms. The third kappa shape index (κ3) is 3.41. The van der Waals surface area contributed by atoms with Gasteiger partial charge in [-0.3, -0.25) is 4.79 Å². The zero-order valence-corrected chi connectivity index (χ0v) is 9.92. The molecular formula is C11H14FNO2S. The average Bonchev–Trinajstić information content (AvgIpc) is 2.11. The van der Waals surface area contributed by atoms with Crippen molar-refractivity contribution in [3.05, 3.63) is 24.0 Å². The molecule has 0 heterocycles. The number of halogens is 1. The van der Waals surface area contributed by atoms with Crippen molar-refractivity contribution in [2.24, 2.45) is 5.92 Å². The van der Waals surface area contributed by atoms with Gasteiger partial charge in [-0.25, -0.2) is 4.39 Å². The molecule has 0 fully saturated rings. The topological polar surface area (TPSA) is 63.3 Å². The maximum absolute atomic E-state index is 13.0. The number of nitrogen functional groups attached to an aromatic ring is 1. The van der Waals surface area contributed by atoms with E-state index in [2.05, 4.69) is 0 Å². The zero-order valence-electron chi connectivity index (χ0n) is 9.11. The average molecular weight is 243 g/mol. The lowest BCUT2D eigenvalue weighted by Crippen LogP contribution is -2.22. The lowest BCUT2D eigenvalue weighted by molar-refractivity contribution is -0.137. The molecule has 0 radical (unpaired) electrons. The summed E-state index contributed by atoms with van der Waals surface area (Å²) in [4.78, 5) is 11.5. The first-order valence-electron chi connectivity index (χ1n) is 4.85. The highest BCUT2D eigenvalue weighted by Crippen LogP contribution is 2.30. The first-order valence-corrected chi connectivity index (χ1v) is 5.73. The van der Waals surface area contributed by atoms with Crippen LogP contribution in [0.3, 0.4) is 0 Å². The van der Waals surface area contributed by atoms with Gasteiger partial charge in [-0.2, -0.15) is 0 Å². The van der Waals surface area contributed by atoms with E-state index in [0.29, 0.717) is 10.6 Å². The number of carboxylic acid groups (broad SMARTS) is 1. The van der Waals surface area contributed by atoms with Crippen molar-refractivity contribution in [2.45, 2.75) is 24.0 Å². The Hall–Kier alpha value is -1.23. The van der Waals surface area contributed by atoms with Gasteiger partial charge in [0, 0.05) is 10.6 Å². The Morgan fingerprint density at radius 2 is 2.06 bits per heavy atom. The molecule has 0 saturated heterocycles. The van der Waals surface area contributed by atoms with Gasteiger partial charge < -0.3 is 10.8 Å². The van der Waals surface area contributed by atoms with E-state index < -0.39 is 17.0 Å². The smallest absolute Gasteiger partial charge is 0.317 e. The standard InChI is InChI=1S/C11H14FNO2S/c1-6(2)10(11(14)15)16-9-4-7(12)3-8(13)5-9/h3-6,10H,13H2,1-2H3,(H,14,15). The Labute approximate surface area is 97.8 Å². The molecule has 0 bridgehead atoms. The van der Waals surface area contributed by atoms with Crippen molar-refractivity contribution < 1.29 is 14.3 Å². The van der Waals surface area contributed by atoms with Gasteiger partial charge in [-0.1, -0.05) is 13.8 Å². The number of aliphatic carboxylic acids is 1. The van der Waals surface area contributed by atoms with Crippen molar-refractivity contribution in [3.8, 4) is 0 Å². The Morgan fingerprint density at radius 1 is 1.44 bits per heavy atom.